The molecule has 0 radical (unpaired) electrons. The molecule has 0 aromatic heterocycles. The highest BCUT2D eigenvalue weighted by Crippen LogP contribution is 2.29. The predicted molar refractivity (Wildman–Crippen MR) is 123 cm³/mol. The molecule has 0 aromatic carbocycles. The van der Waals surface area contributed by atoms with Crippen LogP contribution >= 0.6 is 17.2 Å². The van der Waals surface area contributed by atoms with Gasteiger partial charge in [-0.15, -0.1) is 17.2 Å². The maximum atomic E-state index is 6.15. The molecule has 0 aliphatic carbocycles. The first-order chi connectivity index (χ1) is 13.6. The molecule has 0 rings (SSSR count). The summed E-state index contributed by atoms with van der Waals surface area (Å²) in [6, 6.07) is 0. The van der Waals surface area contributed by atoms with Crippen molar-refractivity contribution in [2.24, 2.45) is 5.73 Å². The van der Waals surface area contributed by atoms with Crippen LogP contribution in [0.3, 0.4) is 0 Å². The standard InChI is InChI=1S/C20H45NO5P2/c1-6-22-18(23-7-2)15-27-13-11-20(17-21,26-10-5)12-14-28-16-19(24-8-3)25-9-4/h18-19,27-28H,6-17,21H2,1-5H3. The second-order valence-corrected chi connectivity index (χ2v) is 9.23. The van der Waals surface area contributed by atoms with Gasteiger partial charge in [0.05, 0.1) is 5.60 Å². The van der Waals surface area contributed by atoms with Crippen LogP contribution < -0.4 is 5.73 Å². The van der Waals surface area contributed by atoms with Gasteiger partial charge in [-0.05, 0) is 59.8 Å². The van der Waals surface area contributed by atoms with Crippen LogP contribution in [0, 0.1) is 0 Å². The third-order valence-corrected chi connectivity index (χ3v) is 6.82. The summed E-state index contributed by atoms with van der Waals surface area (Å²) in [5.74, 6) is 0. The predicted octanol–water partition coefficient (Wildman–Crippen LogP) is 3.66. The summed E-state index contributed by atoms with van der Waals surface area (Å²) in [7, 11) is 1.58. The Balaban J connectivity index is 4.36. The number of rotatable bonds is 21. The van der Waals surface area contributed by atoms with Crippen LogP contribution in [-0.4, -0.2) is 82.4 Å². The van der Waals surface area contributed by atoms with E-state index in [1.54, 1.807) is 0 Å². The van der Waals surface area contributed by atoms with E-state index in [9.17, 15) is 0 Å². The Morgan fingerprint density at radius 1 is 0.679 bits per heavy atom. The minimum atomic E-state index is -0.214. The molecule has 0 saturated heterocycles. The van der Waals surface area contributed by atoms with E-state index in [0.717, 1.165) is 54.7 Å². The molecule has 170 valence electrons. The maximum Gasteiger partial charge on any atom is 0.161 e. The zero-order valence-corrected chi connectivity index (χ0v) is 20.8. The molecule has 28 heavy (non-hydrogen) atoms. The first kappa shape index (κ1) is 28.6. The molecule has 2 unspecified atom stereocenters. The van der Waals surface area contributed by atoms with E-state index in [4.69, 9.17) is 29.4 Å². The van der Waals surface area contributed by atoms with Crippen molar-refractivity contribution in [1.82, 2.24) is 0 Å². The maximum absolute atomic E-state index is 6.15. The fraction of sp³-hybridized carbons (Fsp3) is 1.00. The lowest BCUT2D eigenvalue weighted by Crippen LogP contribution is -2.42. The van der Waals surface area contributed by atoms with Crippen LogP contribution in [0.5, 0.6) is 0 Å². The van der Waals surface area contributed by atoms with Gasteiger partial charge in [0.15, 0.2) is 12.6 Å². The second-order valence-electron chi connectivity index (χ2n) is 6.41. The molecular formula is C20H45NO5P2. The van der Waals surface area contributed by atoms with E-state index in [1.807, 2.05) is 27.7 Å². The van der Waals surface area contributed by atoms with Crippen LogP contribution in [0.1, 0.15) is 47.5 Å². The Morgan fingerprint density at radius 2 is 1.07 bits per heavy atom. The fourth-order valence-electron chi connectivity index (χ4n) is 2.99. The molecule has 2 atom stereocenters. The summed E-state index contributed by atoms with van der Waals surface area (Å²) in [5.41, 5.74) is 5.94. The van der Waals surface area contributed by atoms with Crippen LogP contribution in [-0.2, 0) is 23.7 Å². The highest BCUT2D eigenvalue weighted by Gasteiger charge is 2.28. The molecule has 0 heterocycles. The van der Waals surface area contributed by atoms with E-state index in [2.05, 4.69) is 6.92 Å². The molecule has 0 bridgehead atoms. The summed E-state index contributed by atoms with van der Waals surface area (Å²) in [6.07, 6.45) is 5.90. The smallest absolute Gasteiger partial charge is 0.161 e. The highest BCUT2D eigenvalue weighted by atomic mass is 31.1. The molecule has 0 amide bonds. The van der Waals surface area contributed by atoms with Crippen LogP contribution in [0.25, 0.3) is 0 Å². The van der Waals surface area contributed by atoms with Crippen LogP contribution in [0.2, 0.25) is 0 Å². The van der Waals surface area contributed by atoms with Crippen molar-refractivity contribution in [2.45, 2.75) is 65.6 Å². The molecule has 0 aromatic rings. The van der Waals surface area contributed by atoms with E-state index in [0.29, 0.717) is 39.6 Å². The van der Waals surface area contributed by atoms with Gasteiger partial charge in [0, 0.05) is 51.9 Å². The van der Waals surface area contributed by atoms with Gasteiger partial charge in [-0.1, -0.05) is 0 Å². The van der Waals surface area contributed by atoms with Crippen molar-refractivity contribution in [3.8, 4) is 0 Å². The number of hydrogen-bond acceptors (Lipinski definition) is 6. The molecule has 6 nitrogen and oxygen atoms in total. The average Bonchev–Trinajstić information content (AvgIpc) is 2.69. The Hall–Kier alpha value is 0.620. The quantitative estimate of drug-likeness (QED) is 0.167. The summed E-state index contributed by atoms with van der Waals surface area (Å²) in [4.78, 5) is 0. The normalized spacial score (nSPS) is 15.0. The van der Waals surface area contributed by atoms with Crippen molar-refractivity contribution in [1.29, 1.82) is 0 Å². The lowest BCUT2D eigenvalue weighted by Gasteiger charge is -2.33. The Bertz CT molecular complexity index is 304. The zero-order chi connectivity index (χ0) is 21.1. The Kier molecular flexibility index (Phi) is 20.0. The minimum absolute atomic E-state index is 0.0803. The summed E-state index contributed by atoms with van der Waals surface area (Å²) >= 11 is 0. The van der Waals surface area contributed by atoms with E-state index < -0.39 is 0 Å². The Morgan fingerprint density at radius 3 is 1.36 bits per heavy atom. The second kappa shape index (κ2) is 19.6. The van der Waals surface area contributed by atoms with Gasteiger partial charge in [0.1, 0.15) is 0 Å². The van der Waals surface area contributed by atoms with Crippen LogP contribution in [0.4, 0.5) is 0 Å². The fourth-order valence-corrected chi connectivity index (χ4v) is 5.60. The van der Waals surface area contributed by atoms with Gasteiger partial charge in [0.25, 0.3) is 0 Å². The molecular weight excluding hydrogens is 396 g/mol. The van der Waals surface area contributed by atoms with Gasteiger partial charge in [0.2, 0.25) is 0 Å². The molecule has 8 heteroatoms. The first-order valence-electron chi connectivity index (χ1n) is 10.8. The summed E-state index contributed by atoms with van der Waals surface area (Å²) in [6.45, 7) is 14.1. The largest absolute Gasteiger partial charge is 0.374 e. The van der Waals surface area contributed by atoms with Gasteiger partial charge in [-0.25, -0.2) is 0 Å². The number of hydrogen-bond donors (Lipinski definition) is 1. The van der Waals surface area contributed by atoms with E-state index in [1.165, 1.54) is 0 Å². The molecule has 0 saturated carbocycles. The van der Waals surface area contributed by atoms with E-state index in [-0.39, 0.29) is 18.2 Å². The van der Waals surface area contributed by atoms with Crippen molar-refractivity contribution in [3.05, 3.63) is 0 Å². The van der Waals surface area contributed by atoms with E-state index >= 15 is 0 Å². The van der Waals surface area contributed by atoms with Crippen molar-refractivity contribution >= 4 is 17.2 Å². The Labute approximate surface area is 176 Å². The molecule has 0 spiro atoms. The van der Waals surface area contributed by atoms with Crippen molar-refractivity contribution in [2.75, 3.05) is 64.2 Å². The lowest BCUT2D eigenvalue weighted by molar-refractivity contribution is -0.120. The van der Waals surface area contributed by atoms with Crippen molar-refractivity contribution < 1.29 is 23.7 Å². The topological polar surface area (TPSA) is 72.2 Å². The SMILES string of the molecule is CCOC(CPCCC(CN)(CCPCC(OCC)OCC)OCC)OCC. The van der Waals surface area contributed by atoms with Gasteiger partial charge < -0.3 is 29.4 Å². The highest BCUT2D eigenvalue weighted by molar-refractivity contribution is 7.38. The molecule has 0 aliphatic rings. The minimum Gasteiger partial charge on any atom is -0.374 e. The average molecular weight is 442 g/mol. The molecule has 2 N–H and O–H groups in total. The third kappa shape index (κ3) is 13.8. The number of nitrogens with two attached hydrogens (primary N) is 1. The number of ether oxygens (including phenoxy) is 5. The lowest BCUT2D eigenvalue weighted by atomic mass is 9.97. The summed E-state index contributed by atoms with van der Waals surface area (Å²) in [5, 5.41) is 0. The molecule has 0 aliphatic heterocycles. The van der Waals surface area contributed by atoms with Gasteiger partial charge in [-0.2, -0.15) is 0 Å². The third-order valence-electron chi connectivity index (χ3n) is 4.37. The van der Waals surface area contributed by atoms with Crippen LogP contribution in [0.15, 0.2) is 0 Å². The monoisotopic (exact) mass is 441 g/mol. The van der Waals surface area contributed by atoms with Gasteiger partial charge in [-0.3, -0.25) is 0 Å². The zero-order valence-electron chi connectivity index (χ0n) is 18.8. The van der Waals surface area contributed by atoms with Gasteiger partial charge >= 0.3 is 0 Å². The summed E-state index contributed by atoms with van der Waals surface area (Å²) < 4.78 is 28.7. The van der Waals surface area contributed by atoms with Crippen molar-refractivity contribution in [3.63, 3.8) is 0 Å². The molecule has 0 fully saturated rings. The first-order valence-corrected chi connectivity index (χ1v) is 13.7.